The monoisotopic (exact) mass is 113 g/mol. The molecule has 8 heavy (non-hydrogen) atoms. The molecule has 0 aliphatic heterocycles. The lowest BCUT2D eigenvalue weighted by Gasteiger charge is -1.91. The zero-order chi connectivity index (χ0) is 6.41. The molecular formula is C4H7N3O. The first-order valence-corrected chi connectivity index (χ1v) is 2.14. The van der Waals surface area contributed by atoms with E-state index in [9.17, 15) is 0 Å². The van der Waals surface area contributed by atoms with E-state index < -0.39 is 0 Å². The summed E-state index contributed by atoms with van der Waals surface area (Å²) < 4.78 is 4.60. The molecule has 0 rings (SSSR count). The second-order valence-corrected chi connectivity index (χ2v) is 0.971. The molecule has 0 fully saturated rings. The van der Waals surface area contributed by atoms with E-state index in [0.717, 1.165) is 0 Å². The van der Waals surface area contributed by atoms with Gasteiger partial charge in [-0.05, 0) is 6.92 Å². The van der Waals surface area contributed by atoms with Crippen molar-refractivity contribution in [3.05, 3.63) is 11.5 Å². The van der Waals surface area contributed by atoms with Gasteiger partial charge in [-0.25, -0.2) is 0 Å². The van der Waals surface area contributed by atoms with Crippen molar-refractivity contribution in [1.29, 1.82) is 0 Å². The number of ether oxygens (including phenoxy) is 1. The summed E-state index contributed by atoms with van der Waals surface area (Å²) in [7, 11) is 0. The standard InChI is InChI=1S/C4H7N3O/c1-3-8-4(5)7-6-2/h3H2,1H3,(H2,5,7). The minimum atomic E-state index is -0.0671. The van der Waals surface area contributed by atoms with Crippen LogP contribution in [0, 0.1) is 6.57 Å². The zero-order valence-corrected chi connectivity index (χ0v) is 4.59. The fourth-order valence-corrected chi connectivity index (χ4v) is 0.226. The largest absolute Gasteiger partial charge is 0.461 e. The van der Waals surface area contributed by atoms with Gasteiger partial charge < -0.3 is 10.5 Å². The average molecular weight is 113 g/mol. The Labute approximate surface area is 47.8 Å². The topological polar surface area (TPSA) is 52.0 Å². The van der Waals surface area contributed by atoms with Crippen molar-refractivity contribution in [3.63, 3.8) is 0 Å². The lowest BCUT2D eigenvalue weighted by Crippen LogP contribution is -2.14. The van der Waals surface area contributed by atoms with Crippen LogP contribution in [0.3, 0.4) is 0 Å². The molecule has 0 atom stereocenters. The van der Waals surface area contributed by atoms with Crippen LogP contribution in [0.15, 0.2) is 5.10 Å². The lowest BCUT2D eigenvalue weighted by atomic mass is 10.9. The predicted molar refractivity (Wildman–Crippen MR) is 29.9 cm³/mol. The van der Waals surface area contributed by atoms with Gasteiger partial charge >= 0.3 is 6.02 Å². The van der Waals surface area contributed by atoms with E-state index in [1.54, 1.807) is 6.92 Å². The molecule has 0 spiro atoms. The van der Waals surface area contributed by atoms with Crippen LogP contribution in [0.1, 0.15) is 6.92 Å². The first-order valence-electron chi connectivity index (χ1n) is 2.14. The minimum Gasteiger partial charge on any atom is -0.461 e. The molecule has 0 aromatic rings. The number of hydrogen-bond donors (Lipinski definition) is 1. The third kappa shape index (κ3) is 2.97. The molecule has 0 heterocycles. The second kappa shape index (κ2) is 3.93. The molecule has 4 heteroatoms. The quantitative estimate of drug-likeness (QED) is 0.228. The molecule has 4 nitrogen and oxygen atoms in total. The second-order valence-electron chi connectivity index (χ2n) is 0.971. The van der Waals surface area contributed by atoms with Crippen LogP contribution < -0.4 is 5.73 Å². The van der Waals surface area contributed by atoms with E-state index in [0.29, 0.717) is 6.61 Å². The van der Waals surface area contributed by atoms with Crippen molar-refractivity contribution in [3.8, 4) is 0 Å². The number of hydrogen-bond acceptors (Lipinski definition) is 2. The van der Waals surface area contributed by atoms with E-state index in [1.165, 1.54) is 0 Å². The molecule has 0 aromatic heterocycles. The summed E-state index contributed by atoms with van der Waals surface area (Å²) in [6.45, 7) is 8.41. The molecule has 0 bridgehead atoms. The van der Waals surface area contributed by atoms with Crippen LogP contribution in [-0.4, -0.2) is 12.6 Å². The molecule has 0 unspecified atom stereocenters. The van der Waals surface area contributed by atoms with Gasteiger partial charge in [-0.3, -0.25) is 0 Å². The highest BCUT2D eigenvalue weighted by Crippen LogP contribution is 1.73. The van der Waals surface area contributed by atoms with Crippen molar-refractivity contribution < 1.29 is 4.74 Å². The molecule has 0 aliphatic carbocycles. The third-order valence-electron chi connectivity index (χ3n) is 0.441. The van der Waals surface area contributed by atoms with Crippen molar-refractivity contribution in [2.24, 2.45) is 10.8 Å². The molecule has 0 saturated carbocycles. The summed E-state index contributed by atoms with van der Waals surface area (Å²) in [6.07, 6.45) is 0. The van der Waals surface area contributed by atoms with Crippen LogP contribution >= 0.6 is 0 Å². The smallest absolute Gasteiger partial charge is 0.365 e. The van der Waals surface area contributed by atoms with Crippen molar-refractivity contribution in [1.82, 2.24) is 0 Å². The van der Waals surface area contributed by atoms with Crippen molar-refractivity contribution >= 4 is 6.02 Å². The number of nitrogens with two attached hydrogens (primary N) is 1. The summed E-state index contributed by atoms with van der Waals surface area (Å²) in [6, 6.07) is -0.0671. The van der Waals surface area contributed by atoms with Gasteiger partial charge in [-0.1, -0.05) is 0 Å². The summed E-state index contributed by atoms with van der Waals surface area (Å²) in [4.78, 5) is 2.64. The van der Waals surface area contributed by atoms with Gasteiger partial charge in [0.2, 0.25) is 0 Å². The van der Waals surface area contributed by atoms with Gasteiger partial charge in [0.15, 0.2) is 0 Å². The van der Waals surface area contributed by atoms with Gasteiger partial charge in [-0.2, -0.15) is 6.57 Å². The Morgan fingerprint density at radius 3 is 3.00 bits per heavy atom. The molecule has 0 amide bonds. The van der Waals surface area contributed by atoms with Crippen LogP contribution in [0.4, 0.5) is 0 Å². The lowest BCUT2D eigenvalue weighted by molar-refractivity contribution is 0.322. The third-order valence-corrected chi connectivity index (χ3v) is 0.441. The Kier molecular flexibility index (Phi) is 3.32. The van der Waals surface area contributed by atoms with E-state index in [1.807, 2.05) is 0 Å². The van der Waals surface area contributed by atoms with Crippen LogP contribution in [0.5, 0.6) is 0 Å². The fourth-order valence-electron chi connectivity index (χ4n) is 0.226. The molecule has 44 valence electrons. The molecular weight excluding hydrogens is 106 g/mol. The van der Waals surface area contributed by atoms with Crippen LogP contribution in [0.25, 0.3) is 4.95 Å². The maximum absolute atomic E-state index is 6.19. The van der Waals surface area contributed by atoms with E-state index in [2.05, 4.69) is 14.8 Å². The van der Waals surface area contributed by atoms with Gasteiger partial charge in [0.05, 0.1) is 6.61 Å². The Morgan fingerprint density at radius 2 is 2.62 bits per heavy atom. The summed E-state index contributed by atoms with van der Waals surface area (Å²) >= 11 is 0. The summed E-state index contributed by atoms with van der Waals surface area (Å²) in [5, 5.41) is 3.08. The SMILES string of the molecule is [C-]#[N+]/N=C(/N)OCC. The highest BCUT2D eigenvalue weighted by molar-refractivity contribution is 5.71. The summed E-state index contributed by atoms with van der Waals surface area (Å²) in [5.74, 6) is 0. The van der Waals surface area contributed by atoms with Crippen molar-refractivity contribution in [2.45, 2.75) is 6.92 Å². The Hall–Kier alpha value is -1.24. The maximum atomic E-state index is 6.19. The van der Waals surface area contributed by atoms with Gasteiger partial charge in [-0.15, -0.1) is 4.95 Å². The Bertz CT molecular complexity index is 124. The highest BCUT2D eigenvalue weighted by atomic mass is 16.5. The number of amidine groups is 1. The Morgan fingerprint density at radius 1 is 2.00 bits per heavy atom. The number of nitrogens with zero attached hydrogens (tertiary/aromatic N) is 2. The first-order chi connectivity index (χ1) is 3.81. The Balaban J connectivity index is 3.49. The van der Waals surface area contributed by atoms with Crippen molar-refractivity contribution in [2.75, 3.05) is 6.61 Å². The molecule has 0 radical (unpaired) electrons. The first kappa shape index (κ1) is 6.76. The molecule has 2 N–H and O–H groups in total. The van der Waals surface area contributed by atoms with E-state index >= 15 is 0 Å². The van der Waals surface area contributed by atoms with Crippen LogP contribution in [-0.2, 0) is 4.74 Å². The summed E-state index contributed by atoms with van der Waals surface area (Å²) in [5.41, 5.74) is 5.01. The van der Waals surface area contributed by atoms with Gasteiger partial charge in [0.25, 0.3) is 0 Å². The number of rotatable bonds is 1. The average Bonchev–Trinajstić information content (AvgIpc) is 1.68. The zero-order valence-electron chi connectivity index (χ0n) is 4.59. The fraction of sp³-hybridized carbons (Fsp3) is 0.500. The van der Waals surface area contributed by atoms with E-state index in [4.69, 9.17) is 12.3 Å². The van der Waals surface area contributed by atoms with Gasteiger partial charge in [0.1, 0.15) is 5.10 Å². The highest BCUT2D eigenvalue weighted by Gasteiger charge is 1.88. The van der Waals surface area contributed by atoms with Gasteiger partial charge in [0, 0.05) is 0 Å². The van der Waals surface area contributed by atoms with E-state index in [-0.39, 0.29) is 6.02 Å². The van der Waals surface area contributed by atoms with Crippen LogP contribution in [0.2, 0.25) is 0 Å². The maximum Gasteiger partial charge on any atom is 0.365 e. The normalized spacial score (nSPS) is 10.2. The predicted octanol–water partition coefficient (Wildman–Crippen LogP) is 0.172. The minimum absolute atomic E-state index is 0.0671. The molecule has 0 aromatic carbocycles. The molecule has 0 aliphatic rings. The molecule has 0 saturated heterocycles.